The monoisotopic (exact) mass is 424 g/mol. The number of benzene rings is 2. The van der Waals surface area contributed by atoms with E-state index in [4.69, 9.17) is 14.2 Å². The van der Waals surface area contributed by atoms with Crippen LogP contribution in [0.3, 0.4) is 0 Å². The highest BCUT2D eigenvalue weighted by atomic mass is 16.5. The average molecular weight is 424 g/mol. The molecule has 0 spiro atoms. The summed E-state index contributed by atoms with van der Waals surface area (Å²) in [5.74, 6) is 0.0205. The SMILES string of the molecule is Cc1cc(COC(=O)c2cc(-c3ccccc3)nc3c2cnn3Cc2ccccc2)on1. The number of ether oxygens (including phenoxy) is 1. The van der Waals surface area contributed by atoms with E-state index in [0.29, 0.717) is 34.6 Å². The first-order valence-electron chi connectivity index (χ1n) is 10.2. The molecule has 7 heteroatoms. The third-order valence-electron chi connectivity index (χ3n) is 5.10. The summed E-state index contributed by atoms with van der Waals surface area (Å²) in [5.41, 5.74) is 4.43. The number of carbonyl (C=O) groups excluding carboxylic acids is 1. The number of carbonyl (C=O) groups is 1. The Kier molecular flexibility index (Phi) is 5.21. The van der Waals surface area contributed by atoms with Crippen LogP contribution in [0.2, 0.25) is 0 Å². The van der Waals surface area contributed by atoms with Crippen LogP contribution in [0.25, 0.3) is 22.3 Å². The molecule has 0 amide bonds. The molecule has 0 fully saturated rings. The molecule has 0 aliphatic carbocycles. The van der Waals surface area contributed by atoms with E-state index in [2.05, 4.69) is 10.3 Å². The van der Waals surface area contributed by atoms with Crippen molar-refractivity contribution in [3.05, 3.63) is 102 Å². The van der Waals surface area contributed by atoms with Crippen molar-refractivity contribution in [2.24, 2.45) is 0 Å². The Bertz CT molecular complexity index is 1370. The molecule has 0 bridgehead atoms. The smallest absolute Gasteiger partial charge is 0.339 e. The van der Waals surface area contributed by atoms with E-state index >= 15 is 0 Å². The van der Waals surface area contributed by atoms with Crippen molar-refractivity contribution in [1.29, 1.82) is 0 Å². The second-order valence-electron chi connectivity index (χ2n) is 7.46. The lowest BCUT2D eigenvalue weighted by Gasteiger charge is -2.09. The zero-order chi connectivity index (χ0) is 21.9. The van der Waals surface area contributed by atoms with E-state index < -0.39 is 5.97 Å². The van der Waals surface area contributed by atoms with Crippen molar-refractivity contribution in [3.8, 4) is 11.3 Å². The third kappa shape index (κ3) is 4.00. The number of hydrogen-bond donors (Lipinski definition) is 0. The predicted molar refractivity (Wildman–Crippen MR) is 119 cm³/mol. The van der Waals surface area contributed by atoms with Crippen LogP contribution in [0.4, 0.5) is 0 Å². The van der Waals surface area contributed by atoms with Gasteiger partial charge in [0, 0.05) is 11.6 Å². The Morgan fingerprint density at radius 3 is 2.50 bits per heavy atom. The van der Waals surface area contributed by atoms with Crippen molar-refractivity contribution in [1.82, 2.24) is 19.9 Å². The molecule has 5 aromatic rings. The number of aryl methyl sites for hydroxylation is 1. The van der Waals surface area contributed by atoms with Gasteiger partial charge in [-0.15, -0.1) is 0 Å². The summed E-state index contributed by atoms with van der Waals surface area (Å²) in [6, 6.07) is 23.2. The van der Waals surface area contributed by atoms with Gasteiger partial charge in [-0.25, -0.2) is 14.5 Å². The van der Waals surface area contributed by atoms with Gasteiger partial charge in [0.2, 0.25) is 0 Å². The minimum Gasteiger partial charge on any atom is -0.454 e. The maximum absolute atomic E-state index is 13.0. The molecular weight excluding hydrogens is 404 g/mol. The van der Waals surface area contributed by atoms with Crippen molar-refractivity contribution in [2.75, 3.05) is 0 Å². The normalized spacial score (nSPS) is 11.0. The second-order valence-corrected chi connectivity index (χ2v) is 7.46. The topological polar surface area (TPSA) is 83.0 Å². The number of aromatic nitrogens is 4. The summed E-state index contributed by atoms with van der Waals surface area (Å²) in [4.78, 5) is 17.9. The fourth-order valence-electron chi connectivity index (χ4n) is 3.54. The maximum Gasteiger partial charge on any atom is 0.339 e. The Balaban J connectivity index is 1.55. The first-order chi connectivity index (χ1) is 15.7. The molecule has 3 aromatic heterocycles. The molecule has 0 unspecified atom stereocenters. The molecule has 0 N–H and O–H groups in total. The number of hydrogen-bond acceptors (Lipinski definition) is 6. The molecule has 158 valence electrons. The van der Waals surface area contributed by atoms with Crippen molar-refractivity contribution < 1.29 is 14.1 Å². The molecule has 0 atom stereocenters. The van der Waals surface area contributed by atoms with E-state index in [9.17, 15) is 4.79 Å². The van der Waals surface area contributed by atoms with E-state index in [0.717, 1.165) is 16.8 Å². The van der Waals surface area contributed by atoms with Crippen LogP contribution >= 0.6 is 0 Å². The van der Waals surface area contributed by atoms with Gasteiger partial charge >= 0.3 is 5.97 Å². The Hall–Kier alpha value is -4.26. The quantitative estimate of drug-likeness (QED) is 0.364. The summed E-state index contributed by atoms with van der Waals surface area (Å²) in [7, 11) is 0. The minimum atomic E-state index is -0.470. The van der Waals surface area contributed by atoms with Gasteiger partial charge in [0.1, 0.15) is 0 Å². The van der Waals surface area contributed by atoms with Crippen molar-refractivity contribution in [3.63, 3.8) is 0 Å². The first kappa shape index (κ1) is 19.7. The van der Waals surface area contributed by atoms with Gasteiger partial charge in [0.25, 0.3) is 0 Å². The van der Waals surface area contributed by atoms with Crippen molar-refractivity contribution >= 4 is 17.0 Å². The molecule has 0 aliphatic rings. The lowest BCUT2D eigenvalue weighted by atomic mass is 10.1. The van der Waals surface area contributed by atoms with Gasteiger partial charge in [-0.3, -0.25) is 0 Å². The fraction of sp³-hybridized carbons (Fsp3) is 0.120. The molecule has 5 rings (SSSR count). The van der Waals surface area contributed by atoms with Crippen LogP contribution in [0, 0.1) is 6.92 Å². The Morgan fingerprint density at radius 1 is 1.03 bits per heavy atom. The summed E-state index contributed by atoms with van der Waals surface area (Å²) in [5, 5.41) is 8.97. The van der Waals surface area contributed by atoms with Gasteiger partial charge in [-0.05, 0) is 18.6 Å². The maximum atomic E-state index is 13.0. The molecule has 0 radical (unpaired) electrons. The third-order valence-corrected chi connectivity index (χ3v) is 5.10. The summed E-state index contributed by atoms with van der Waals surface area (Å²) >= 11 is 0. The molecule has 3 heterocycles. The van der Waals surface area contributed by atoms with Crippen LogP contribution < -0.4 is 0 Å². The zero-order valence-corrected chi connectivity index (χ0v) is 17.4. The lowest BCUT2D eigenvalue weighted by Crippen LogP contribution is -2.08. The van der Waals surface area contributed by atoms with Gasteiger partial charge < -0.3 is 9.26 Å². The molecule has 0 saturated heterocycles. The molecule has 32 heavy (non-hydrogen) atoms. The van der Waals surface area contributed by atoms with E-state index in [1.165, 1.54) is 0 Å². The van der Waals surface area contributed by atoms with Crippen LogP contribution in [0.15, 0.2) is 83.5 Å². The van der Waals surface area contributed by atoms with Crippen LogP contribution in [-0.2, 0) is 17.9 Å². The van der Waals surface area contributed by atoms with E-state index in [-0.39, 0.29) is 6.61 Å². The lowest BCUT2D eigenvalue weighted by molar-refractivity contribution is 0.0439. The van der Waals surface area contributed by atoms with Crippen LogP contribution in [-0.4, -0.2) is 25.9 Å². The van der Waals surface area contributed by atoms with Crippen LogP contribution in [0.5, 0.6) is 0 Å². The predicted octanol–water partition coefficient (Wildman–Crippen LogP) is 4.80. The number of pyridine rings is 1. The summed E-state index contributed by atoms with van der Waals surface area (Å²) in [6.45, 7) is 2.36. The van der Waals surface area contributed by atoms with E-state index in [1.54, 1.807) is 23.0 Å². The van der Waals surface area contributed by atoms with Crippen LogP contribution in [0.1, 0.15) is 27.4 Å². The standard InChI is InChI=1S/C25H20N4O3/c1-17-12-20(32-28-17)16-31-25(30)21-13-23(19-10-6-3-7-11-19)27-24-22(21)14-26-29(24)15-18-8-4-2-5-9-18/h2-14H,15-16H2,1H3. The minimum absolute atomic E-state index is 0.00229. The highest BCUT2D eigenvalue weighted by Crippen LogP contribution is 2.26. The molecule has 7 nitrogen and oxygen atoms in total. The second kappa shape index (κ2) is 8.47. The first-order valence-corrected chi connectivity index (χ1v) is 10.2. The molecule has 0 saturated carbocycles. The molecular formula is C25H20N4O3. The molecule has 2 aromatic carbocycles. The van der Waals surface area contributed by atoms with Crippen molar-refractivity contribution in [2.45, 2.75) is 20.1 Å². The highest BCUT2D eigenvalue weighted by Gasteiger charge is 2.19. The van der Waals surface area contributed by atoms with Gasteiger partial charge in [-0.2, -0.15) is 5.10 Å². The number of fused-ring (bicyclic) bond motifs is 1. The summed E-state index contributed by atoms with van der Waals surface area (Å²) < 4.78 is 12.5. The number of nitrogens with zero attached hydrogens (tertiary/aromatic N) is 4. The van der Waals surface area contributed by atoms with E-state index in [1.807, 2.05) is 67.6 Å². The van der Waals surface area contributed by atoms with Gasteiger partial charge in [-0.1, -0.05) is 65.8 Å². The average Bonchev–Trinajstić information content (AvgIpc) is 3.44. The summed E-state index contributed by atoms with van der Waals surface area (Å²) in [6.07, 6.45) is 1.66. The highest BCUT2D eigenvalue weighted by molar-refractivity contribution is 6.03. The molecule has 0 aliphatic heterocycles. The Morgan fingerprint density at radius 2 is 1.78 bits per heavy atom. The number of esters is 1. The van der Waals surface area contributed by atoms with Gasteiger partial charge in [0.15, 0.2) is 18.0 Å². The Labute approximate surface area is 184 Å². The zero-order valence-electron chi connectivity index (χ0n) is 17.4. The van der Waals surface area contributed by atoms with Gasteiger partial charge in [0.05, 0.1) is 35.1 Å². The fourth-order valence-corrected chi connectivity index (χ4v) is 3.54. The largest absolute Gasteiger partial charge is 0.454 e. The number of rotatable bonds is 6.